The molecule has 0 spiro atoms. The van der Waals surface area contributed by atoms with E-state index in [2.05, 4.69) is 96.0 Å². The lowest BCUT2D eigenvalue weighted by Crippen LogP contribution is -2.03. The van der Waals surface area contributed by atoms with Gasteiger partial charge in [-0.1, -0.05) is 96.7 Å². The second-order valence-corrected chi connectivity index (χ2v) is 9.92. The molecule has 2 rings (SSSR count). The maximum absolute atomic E-state index is 6.66. The van der Waals surface area contributed by atoms with Crippen LogP contribution in [0.1, 0.15) is 98.1 Å². The van der Waals surface area contributed by atoms with Crippen LogP contribution < -0.4 is 4.74 Å². The third-order valence-electron chi connectivity index (χ3n) is 5.51. The monoisotopic (exact) mass is 522 g/mol. The summed E-state index contributed by atoms with van der Waals surface area (Å²) < 4.78 is 6.66. The number of hydrogen-bond acceptors (Lipinski definition) is 1. The van der Waals surface area contributed by atoms with Crippen molar-refractivity contribution in [3.63, 3.8) is 0 Å². The van der Waals surface area contributed by atoms with Crippen molar-refractivity contribution in [1.82, 2.24) is 0 Å². The summed E-state index contributed by atoms with van der Waals surface area (Å²) in [5.74, 6) is 2.04. The fourth-order valence-electron chi connectivity index (χ4n) is 3.74. The molecule has 2 atom stereocenters. The van der Waals surface area contributed by atoms with Gasteiger partial charge in [0.25, 0.3) is 0 Å². The molecule has 2 aromatic rings. The van der Waals surface area contributed by atoms with Gasteiger partial charge < -0.3 is 4.74 Å². The van der Waals surface area contributed by atoms with E-state index in [1.54, 1.807) is 0 Å². The maximum Gasteiger partial charge on any atom is 0.130 e. The van der Waals surface area contributed by atoms with E-state index in [4.69, 9.17) is 4.74 Å². The van der Waals surface area contributed by atoms with Crippen LogP contribution in [0.2, 0.25) is 0 Å². The van der Waals surface area contributed by atoms with Gasteiger partial charge in [-0.3, -0.25) is 0 Å². The third-order valence-corrected chi connectivity index (χ3v) is 7.79. The van der Waals surface area contributed by atoms with Gasteiger partial charge in [0.2, 0.25) is 0 Å². The summed E-state index contributed by atoms with van der Waals surface area (Å²) in [5, 5.41) is 0. The molecule has 0 saturated heterocycles. The minimum absolute atomic E-state index is 0.371. The predicted molar refractivity (Wildman–Crippen MR) is 134 cm³/mol. The first-order valence-electron chi connectivity index (χ1n) is 11.3. The molecule has 0 amide bonds. The zero-order valence-electron chi connectivity index (χ0n) is 18.4. The Bertz CT molecular complexity index is 693. The average molecular weight is 524 g/mol. The van der Waals surface area contributed by atoms with Crippen molar-refractivity contribution in [2.45, 2.75) is 88.7 Å². The van der Waals surface area contributed by atoms with Crippen LogP contribution in [-0.4, -0.2) is 0 Å². The molecule has 29 heavy (non-hydrogen) atoms. The van der Waals surface area contributed by atoms with E-state index < -0.39 is 0 Å². The summed E-state index contributed by atoms with van der Waals surface area (Å²) in [5.41, 5.74) is 5.46. The summed E-state index contributed by atoms with van der Waals surface area (Å²) in [6.45, 7) is 8.96. The van der Waals surface area contributed by atoms with Crippen molar-refractivity contribution >= 4 is 31.9 Å². The van der Waals surface area contributed by atoms with Crippen LogP contribution in [0.3, 0.4) is 0 Å². The lowest BCUT2D eigenvalue weighted by atomic mass is 9.96. The number of benzene rings is 2. The Kier molecular flexibility index (Phi) is 10.8. The van der Waals surface area contributed by atoms with Gasteiger partial charge in [0.1, 0.15) is 11.5 Å². The fourth-order valence-corrected chi connectivity index (χ4v) is 4.60. The normalized spacial score (nSPS) is 13.3. The van der Waals surface area contributed by atoms with E-state index in [9.17, 15) is 0 Å². The van der Waals surface area contributed by atoms with Crippen molar-refractivity contribution in [2.75, 3.05) is 0 Å². The topological polar surface area (TPSA) is 9.23 Å². The highest BCUT2D eigenvalue weighted by atomic mass is 79.9. The minimum atomic E-state index is 0.371. The molecule has 2 aromatic carbocycles. The minimum Gasteiger partial charge on any atom is -0.457 e. The van der Waals surface area contributed by atoms with Crippen LogP contribution in [-0.2, 0) is 12.8 Å². The Morgan fingerprint density at radius 3 is 1.45 bits per heavy atom. The number of hydrogen-bond donors (Lipinski definition) is 0. The van der Waals surface area contributed by atoms with Crippen LogP contribution >= 0.6 is 31.9 Å². The van der Waals surface area contributed by atoms with Gasteiger partial charge in [-0.25, -0.2) is 0 Å². The molecule has 0 aromatic heterocycles. The van der Waals surface area contributed by atoms with Gasteiger partial charge in [0.15, 0.2) is 0 Å². The zero-order valence-corrected chi connectivity index (χ0v) is 21.6. The molecule has 0 aliphatic rings. The van der Waals surface area contributed by atoms with Crippen molar-refractivity contribution in [2.24, 2.45) is 0 Å². The quantitative estimate of drug-likeness (QED) is 0.251. The smallest absolute Gasteiger partial charge is 0.130 e. The fraction of sp³-hybridized carbons (Fsp3) is 0.538. The SMILES string of the molecule is CCCCc1c(Oc2cccc(C(Br)CC)c2CCCC)cccc1C(Br)CC. The van der Waals surface area contributed by atoms with Gasteiger partial charge in [0.05, 0.1) is 0 Å². The number of unbranched alkanes of at least 4 members (excludes halogenated alkanes) is 2. The standard InChI is InChI=1S/C26H36Br2O/c1-5-9-13-21-19(23(27)7-3)15-11-17-25(21)29-26-18-12-16-20(24(28)8-4)22(26)14-10-6-2/h11-12,15-18,23-24H,5-10,13-14H2,1-4H3. The molecule has 0 aliphatic carbocycles. The van der Waals surface area contributed by atoms with Gasteiger partial charge in [0, 0.05) is 9.65 Å². The van der Waals surface area contributed by atoms with E-state index in [0.717, 1.165) is 37.2 Å². The Hall–Kier alpha value is -0.800. The zero-order chi connectivity index (χ0) is 21.2. The van der Waals surface area contributed by atoms with Gasteiger partial charge in [-0.2, -0.15) is 0 Å². The number of ether oxygens (including phenoxy) is 1. The lowest BCUT2D eigenvalue weighted by molar-refractivity contribution is 0.465. The van der Waals surface area contributed by atoms with Crippen LogP contribution in [0.15, 0.2) is 36.4 Å². The Labute approximate surface area is 194 Å². The molecule has 0 fully saturated rings. The van der Waals surface area contributed by atoms with Gasteiger partial charge >= 0.3 is 0 Å². The molecule has 2 unspecified atom stereocenters. The van der Waals surface area contributed by atoms with Crippen LogP contribution in [0.4, 0.5) is 0 Å². The second-order valence-electron chi connectivity index (χ2n) is 7.71. The first kappa shape index (κ1) is 24.5. The van der Waals surface area contributed by atoms with Gasteiger partial charge in [-0.15, -0.1) is 0 Å². The third kappa shape index (κ3) is 6.59. The number of halogens is 2. The highest BCUT2D eigenvalue weighted by molar-refractivity contribution is 9.09. The molecule has 0 radical (unpaired) electrons. The van der Waals surface area contributed by atoms with Crippen molar-refractivity contribution in [3.05, 3.63) is 58.7 Å². The Morgan fingerprint density at radius 2 is 1.10 bits per heavy atom. The van der Waals surface area contributed by atoms with Crippen molar-refractivity contribution in [1.29, 1.82) is 0 Å². The molecule has 0 aliphatic heterocycles. The molecule has 1 nitrogen and oxygen atoms in total. The van der Waals surface area contributed by atoms with E-state index in [1.807, 2.05) is 0 Å². The largest absolute Gasteiger partial charge is 0.457 e. The van der Waals surface area contributed by atoms with Gasteiger partial charge in [-0.05, 0) is 72.9 Å². The number of alkyl halides is 2. The molecule has 0 heterocycles. The molecular weight excluding hydrogens is 488 g/mol. The van der Waals surface area contributed by atoms with Crippen LogP contribution in [0, 0.1) is 0 Å². The van der Waals surface area contributed by atoms with E-state index in [-0.39, 0.29) is 0 Å². The molecule has 0 bridgehead atoms. The van der Waals surface area contributed by atoms with Crippen LogP contribution in [0.5, 0.6) is 11.5 Å². The summed E-state index contributed by atoms with van der Waals surface area (Å²) in [4.78, 5) is 0.742. The van der Waals surface area contributed by atoms with Crippen LogP contribution in [0.25, 0.3) is 0 Å². The molecular formula is C26H36Br2O. The lowest BCUT2D eigenvalue weighted by Gasteiger charge is -2.21. The van der Waals surface area contributed by atoms with E-state index in [1.165, 1.54) is 47.9 Å². The van der Waals surface area contributed by atoms with E-state index in [0.29, 0.717) is 9.65 Å². The Balaban J connectivity index is 2.49. The predicted octanol–water partition coefficient (Wildman–Crippen LogP) is 9.86. The summed E-state index contributed by atoms with van der Waals surface area (Å²) in [6, 6.07) is 13.1. The molecule has 0 saturated carbocycles. The van der Waals surface area contributed by atoms with Crippen molar-refractivity contribution in [3.8, 4) is 11.5 Å². The Morgan fingerprint density at radius 1 is 0.690 bits per heavy atom. The molecule has 160 valence electrons. The molecule has 0 N–H and O–H groups in total. The summed E-state index contributed by atoms with van der Waals surface area (Å²) >= 11 is 7.75. The van der Waals surface area contributed by atoms with E-state index >= 15 is 0 Å². The highest BCUT2D eigenvalue weighted by Gasteiger charge is 2.19. The highest BCUT2D eigenvalue weighted by Crippen LogP contribution is 2.40. The first-order chi connectivity index (χ1) is 14.1. The number of rotatable bonds is 12. The maximum atomic E-state index is 6.66. The van der Waals surface area contributed by atoms with Crippen molar-refractivity contribution < 1.29 is 4.74 Å². The average Bonchev–Trinajstić information content (AvgIpc) is 2.75. The summed E-state index contributed by atoms with van der Waals surface area (Å²) in [6.07, 6.45) is 8.99. The first-order valence-corrected chi connectivity index (χ1v) is 13.1. The second kappa shape index (κ2) is 12.8. The molecule has 3 heteroatoms. The summed E-state index contributed by atoms with van der Waals surface area (Å²) in [7, 11) is 0.